The first kappa shape index (κ1) is 19.0. The predicted molar refractivity (Wildman–Crippen MR) is 107 cm³/mol. The van der Waals surface area contributed by atoms with Crippen molar-refractivity contribution < 1.29 is 9.53 Å². The minimum Gasteiger partial charge on any atom is -0.484 e. The molecule has 0 fully saturated rings. The van der Waals surface area contributed by atoms with E-state index in [-0.39, 0.29) is 18.6 Å². The van der Waals surface area contributed by atoms with Gasteiger partial charge in [-0.1, -0.05) is 48.9 Å². The van der Waals surface area contributed by atoms with Crippen molar-refractivity contribution in [2.75, 3.05) is 6.61 Å². The van der Waals surface area contributed by atoms with Crippen LogP contribution in [-0.2, 0) is 4.79 Å². The quantitative estimate of drug-likeness (QED) is 0.622. The van der Waals surface area contributed by atoms with E-state index in [1.54, 1.807) is 18.3 Å². The van der Waals surface area contributed by atoms with Gasteiger partial charge in [0.1, 0.15) is 11.6 Å². The minimum atomic E-state index is -0.203. The summed E-state index contributed by atoms with van der Waals surface area (Å²) in [6, 6.07) is 15.1. The third kappa shape index (κ3) is 4.89. The summed E-state index contributed by atoms with van der Waals surface area (Å²) in [5.74, 6) is 1.14. The Kier molecular flexibility index (Phi) is 6.14. The zero-order valence-corrected chi connectivity index (χ0v) is 16.1. The molecule has 6 heteroatoms. The molecule has 1 heterocycles. The zero-order chi connectivity index (χ0) is 19.2. The number of hydrogen-bond donors (Lipinski definition) is 2. The number of aryl methyl sites for hydroxylation is 1. The fourth-order valence-electron chi connectivity index (χ4n) is 2.73. The van der Waals surface area contributed by atoms with Gasteiger partial charge >= 0.3 is 0 Å². The average molecular weight is 384 g/mol. The number of ether oxygens (including phenoxy) is 1. The summed E-state index contributed by atoms with van der Waals surface area (Å²) in [4.78, 5) is 20.0. The molecule has 3 rings (SSSR count). The number of halogens is 1. The molecule has 1 aromatic heterocycles. The summed E-state index contributed by atoms with van der Waals surface area (Å²) < 4.78 is 5.56. The number of hydrogen-bond acceptors (Lipinski definition) is 3. The molecule has 0 aliphatic heterocycles. The largest absolute Gasteiger partial charge is 0.484 e. The zero-order valence-electron chi connectivity index (χ0n) is 15.3. The molecule has 0 saturated carbocycles. The predicted octanol–water partition coefficient (Wildman–Crippen LogP) is 4.68. The van der Waals surface area contributed by atoms with E-state index in [9.17, 15) is 4.79 Å². The number of carbonyl (C=O) groups is 1. The number of aromatic amines is 1. The molecule has 0 spiro atoms. The Morgan fingerprint density at radius 3 is 2.74 bits per heavy atom. The van der Waals surface area contributed by atoms with Crippen LogP contribution in [0.15, 0.2) is 54.7 Å². The van der Waals surface area contributed by atoms with E-state index in [4.69, 9.17) is 16.3 Å². The number of aromatic nitrogens is 2. The van der Waals surface area contributed by atoms with Gasteiger partial charge in [-0.3, -0.25) is 4.79 Å². The normalized spacial score (nSPS) is 11.8. The second-order valence-electron chi connectivity index (χ2n) is 6.28. The van der Waals surface area contributed by atoms with Crippen LogP contribution in [0.3, 0.4) is 0 Å². The summed E-state index contributed by atoms with van der Waals surface area (Å²) >= 11 is 6.00. The Bertz CT molecular complexity index is 909. The Balaban J connectivity index is 1.60. The smallest absolute Gasteiger partial charge is 0.258 e. The number of amides is 1. The molecule has 3 aromatic rings. The number of nitrogens with zero attached hydrogens (tertiary/aromatic N) is 1. The van der Waals surface area contributed by atoms with Crippen molar-refractivity contribution in [2.45, 2.75) is 26.3 Å². The number of carbonyl (C=O) groups excluding carboxylic acids is 1. The van der Waals surface area contributed by atoms with Gasteiger partial charge < -0.3 is 15.0 Å². The van der Waals surface area contributed by atoms with Gasteiger partial charge in [0.25, 0.3) is 5.91 Å². The van der Waals surface area contributed by atoms with Crippen molar-refractivity contribution >= 4 is 17.5 Å². The van der Waals surface area contributed by atoms with Crippen molar-refractivity contribution in [2.24, 2.45) is 0 Å². The van der Waals surface area contributed by atoms with Gasteiger partial charge in [-0.25, -0.2) is 4.98 Å². The minimum absolute atomic E-state index is 0.0657. The lowest BCUT2D eigenvalue weighted by molar-refractivity contribution is -0.123. The maximum Gasteiger partial charge on any atom is 0.258 e. The van der Waals surface area contributed by atoms with Crippen LogP contribution in [-0.4, -0.2) is 22.5 Å². The number of benzene rings is 2. The second kappa shape index (κ2) is 8.73. The summed E-state index contributed by atoms with van der Waals surface area (Å²) in [7, 11) is 0. The fourth-order valence-corrected chi connectivity index (χ4v) is 2.85. The Morgan fingerprint density at radius 2 is 2.04 bits per heavy atom. The maximum absolute atomic E-state index is 12.3. The van der Waals surface area contributed by atoms with Crippen molar-refractivity contribution in [1.29, 1.82) is 0 Å². The Morgan fingerprint density at radius 1 is 1.26 bits per heavy atom. The van der Waals surface area contributed by atoms with Crippen molar-refractivity contribution in [3.8, 4) is 17.0 Å². The molecule has 0 radical (unpaired) electrons. The van der Waals surface area contributed by atoms with Gasteiger partial charge in [0, 0.05) is 5.02 Å². The molecule has 1 atom stereocenters. The molecule has 0 aliphatic rings. The van der Waals surface area contributed by atoms with E-state index >= 15 is 0 Å². The van der Waals surface area contributed by atoms with Crippen LogP contribution < -0.4 is 10.1 Å². The van der Waals surface area contributed by atoms with E-state index in [0.717, 1.165) is 22.6 Å². The highest BCUT2D eigenvalue weighted by molar-refractivity contribution is 6.31. The summed E-state index contributed by atoms with van der Waals surface area (Å²) in [5, 5.41) is 3.63. The molecule has 2 N–H and O–H groups in total. The lowest BCUT2D eigenvalue weighted by Gasteiger charge is -2.15. The molecule has 0 saturated heterocycles. The summed E-state index contributed by atoms with van der Waals surface area (Å²) in [5.41, 5.74) is 2.88. The van der Waals surface area contributed by atoms with Gasteiger partial charge in [-0.15, -0.1) is 0 Å². The number of nitrogens with one attached hydrogen (secondary N) is 2. The topological polar surface area (TPSA) is 67.0 Å². The van der Waals surface area contributed by atoms with Crippen LogP contribution in [0.4, 0.5) is 0 Å². The van der Waals surface area contributed by atoms with E-state index in [1.165, 1.54) is 0 Å². The molecule has 1 unspecified atom stereocenters. The molecule has 140 valence electrons. The molecule has 0 aliphatic carbocycles. The SMILES string of the molecule is CCC(NC(=O)COc1ccc(Cl)c(C)c1)c1ncc(-c2ccccc2)[nH]1. The molecular formula is C21H22ClN3O2. The third-order valence-corrected chi connectivity index (χ3v) is 4.68. The molecule has 5 nitrogen and oxygen atoms in total. The van der Waals surface area contributed by atoms with Gasteiger partial charge in [-0.05, 0) is 42.7 Å². The molecular weight excluding hydrogens is 362 g/mol. The standard InChI is InChI=1S/C21H22ClN3O2/c1-3-18(21-23-12-19(25-21)15-7-5-4-6-8-15)24-20(26)13-27-16-9-10-17(22)14(2)11-16/h4-12,18H,3,13H2,1-2H3,(H,23,25)(H,24,26). The number of H-pyrrole nitrogens is 1. The van der Waals surface area contributed by atoms with Gasteiger partial charge in [0.2, 0.25) is 0 Å². The van der Waals surface area contributed by atoms with E-state index < -0.39 is 0 Å². The molecule has 27 heavy (non-hydrogen) atoms. The second-order valence-corrected chi connectivity index (χ2v) is 6.68. The van der Waals surface area contributed by atoms with Crippen LogP contribution in [0.2, 0.25) is 5.02 Å². The first-order valence-corrected chi connectivity index (χ1v) is 9.23. The highest BCUT2D eigenvalue weighted by Crippen LogP contribution is 2.22. The van der Waals surface area contributed by atoms with Crippen LogP contribution in [0.25, 0.3) is 11.3 Å². The Labute approximate surface area is 163 Å². The van der Waals surface area contributed by atoms with Crippen LogP contribution in [0.1, 0.15) is 30.8 Å². The fraction of sp³-hybridized carbons (Fsp3) is 0.238. The first-order chi connectivity index (χ1) is 13.1. The molecule has 1 amide bonds. The van der Waals surface area contributed by atoms with Gasteiger partial charge in [-0.2, -0.15) is 0 Å². The van der Waals surface area contributed by atoms with E-state index in [0.29, 0.717) is 17.2 Å². The molecule has 0 bridgehead atoms. The highest BCUT2D eigenvalue weighted by atomic mass is 35.5. The van der Waals surface area contributed by atoms with Crippen molar-refractivity contribution in [3.63, 3.8) is 0 Å². The van der Waals surface area contributed by atoms with Crippen molar-refractivity contribution in [1.82, 2.24) is 15.3 Å². The lowest BCUT2D eigenvalue weighted by atomic mass is 10.2. The van der Waals surface area contributed by atoms with Crippen LogP contribution in [0, 0.1) is 6.92 Å². The number of imidazole rings is 1. The van der Waals surface area contributed by atoms with Gasteiger partial charge in [0.05, 0.1) is 17.9 Å². The van der Waals surface area contributed by atoms with E-state index in [2.05, 4.69) is 15.3 Å². The summed E-state index contributed by atoms with van der Waals surface area (Å²) in [6.07, 6.45) is 2.50. The monoisotopic (exact) mass is 383 g/mol. The maximum atomic E-state index is 12.3. The average Bonchev–Trinajstić information content (AvgIpc) is 3.18. The van der Waals surface area contributed by atoms with Gasteiger partial charge in [0.15, 0.2) is 6.61 Å². The van der Waals surface area contributed by atoms with E-state index in [1.807, 2.05) is 50.2 Å². The third-order valence-electron chi connectivity index (χ3n) is 4.25. The molecule has 2 aromatic carbocycles. The van der Waals surface area contributed by atoms with Crippen LogP contribution in [0.5, 0.6) is 5.75 Å². The number of rotatable bonds is 7. The van der Waals surface area contributed by atoms with Crippen molar-refractivity contribution in [3.05, 3.63) is 71.1 Å². The van der Waals surface area contributed by atoms with Crippen LogP contribution >= 0.6 is 11.6 Å². The first-order valence-electron chi connectivity index (χ1n) is 8.85. The summed E-state index contributed by atoms with van der Waals surface area (Å²) in [6.45, 7) is 3.83. The Hall–Kier alpha value is -2.79. The highest BCUT2D eigenvalue weighted by Gasteiger charge is 2.17. The lowest BCUT2D eigenvalue weighted by Crippen LogP contribution is -2.33.